The highest BCUT2D eigenvalue weighted by molar-refractivity contribution is 5.45. The van der Waals surface area contributed by atoms with Gasteiger partial charge in [-0.05, 0) is 29.8 Å². The quantitative estimate of drug-likeness (QED) is 0.825. The summed E-state index contributed by atoms with van der Waals surface area (Å²) in [7, 11) is 1.63. The number of rotatable bonds is 3. The monoisotopic (exact) mass is 242 g/mol. The standard InChI is InChI=1S/C14H14N2O2/c1-18-14-6-5-12(4-2-9-17)13(10-14)11-16-8-3-7-15-16/h3,5-8,10,17H,9,11H2,1H3. The van der Waals surface area contributed by atoms with E-state index in [-0.39, 0.29) is 6.61 Å². The van der Waals surface area contributed by atoms with Crippen LogP contribution < -0.4 is 4.74 Å². The third kappa shape index (κ3) is 2.90. The zero-order chi connectivity index (χ0) is 12.8. The molecule has 1 N–H and O–H groups in total. The number of hydrogen-bond acceptors (Lipinski definition) is 3. The average molecular weight is 242 g/mol. The van der Waals surface area contributed by atoms with Gasteiger partial charge >= 0.3 is 0 Å². The number of nitrogens with zero attached hydrogens (tertiary/aromatic N) is 2. The van der Waals surface area contributed by atoms with E-state index in [1.165, 1.54) is 0 Å². The number of aliphatic hydroxyl groups excluding tert-OH is 1. The second-order valence-corrected chi connectivity index (χ2v) is 3.69. The van der Waals surface area contributed by atoms with Gasteiger partial charge in [0.15, 0.2) is 0 Å². The molecule has 0 radical (unpaired) electrons. The van der Waals surface area contributed by atoms with Crippen molar-refractivity contribution in [1.82, 2.24) is 9.78 Å². The van der Waals surface area contributed by atoms with Gasteiger partial charge in [-0.15, -0.1) is 0 Å². The Morgan fingerprint density at radius 2 is 2.33 bits per heavy atom. The maximum atomic E-state index is 8.76. The summed E-state index contributed by atoms with van der Waals surface area (Å²) in [4.78, 5) is 0. The summed E-state index contributed by atoms with van der Waals surface area (Å²) in [5.41, 5.74) is 1.89. The molecule has 1 aromatic carbocycles. The van der Waals surface area contributed by atoms with Gasteiger partial charge in [0.2, 0.25) is 0 Å². The third-order valence-corrected chi connectivity index (χ3v) is 2.51. The molecule has 0 aliphatic heterocycles. The molecule has 4 nitrogen and oxygen atoms in total. The van der Waals surface area contributed by atoms with Crippen molar-refractivity contribution in [2.75, 3.05) is 13.7 Å². The number of aliphatic hydroxyl groups is 1. The first kappa shape index (κ1) is 12.2. The van der Waals surface area contributed by atoms with Gasteiger partial charge < -0.3 is 9.84 Å². The van der Waals surface area contributed by atoms with Crippen LogP contribution in [0.15, 0.2) is 36.7 Å². The molecule has 4 heteroatoms. The van der Waals surface area contributed by atoms with E-state index >= 15 is 0 Å². The number of benzene rings is 1. The zero-order valence-electron chi connectivity index (χ0n) is 10.1. The number of hydrogen-bond donors (Lipinski definition) is 1. The minimum atomic E-state index is -0.146. The molecule has 92 valence electrons. The second kappa shape index (κ2) is 5.89. The molecule has 1 heterocycles. The average Bonchev–Trinajstić information content (AvgIpc) is 2.90. The Morgan fingerprint density at radius 3 is 3.00 bits per heavy atom. The maximum Gasteiger partial charge on any atom is 0.119 e. The second-order valence-electron chi connectivity index (χ2n) is 3.69. The lowest BCUT2D eigenvalue weighted by Crippen LogP contribution is -2.02. The molecular weight excluding hydrogens is 228 g/mol. The first-order valence-corrected chi connectivity index (χ1v) is 5.57. The summed E-state index contributed by atoms with van der Waals surface area (Å²) in [5, 5.41) is 12.9. The van der Waals surface area contributed by atoms with Crippen molar-refractivity contribution in [2.24, 2.45) is 0 Å². The maximum absolute atomic E-state index is 8.76. The largest absolute Gasteiger partial charge is 0.497 e. The van der Waals surface area contributed by atoms with Crippen molar-refractivity contribution in [3.63, 3.8) is 0 Å². The fourth-order valence-corrected chi connectivity index (χ4v) is 1.65. The van der Waals surface area contributed by atoms with E-state index in [4.69, 9.17) is 9.84 Å². The minimum absolute atomic E-state index is 0.146. The SMILES string of the molecule is COc1ccc(C#CCO)c(Cn2cccn2)c1. The van der Waals surface area contributed by atoms with Crippen LogP contribution in [0.1, 0.15) is 11.1 Å². The Balaban J connectivity index is 2.34. The Morgan fingerprint density at radius 1 is 1.44 bits per heavy atom. The van der Waals surface area contributed by atoms with Crippen molar-refractivity contribution in [3.05, 3.63) is 47.8 Å². The molecule has 0 amide bonds. The zero-order valence-corrected chi connectivity index (χ0v) is 10.1. The first-order valence-electron chi connectivity index (χ1n) is 5.57. The fourth-order valence-electron chi connectivity index (χ4n) is 1.65. The van der Waals surface area contributed by atoms with Crippen LogP contribution >= 0.6 is 0 Å². The van der Waals surface area contributed by atoms with E-state index in [9.17, 15) is 0 Å². The Labute approximate surface area is 106 Å². The van der Waals surface area contributed by atoms with Crippen LogP contribution in [0.4, 0.5) is 0 Å². The molecule has 0 fully saturated rings. The summed E-state index contributed by atoms with van der Waals surface area (Å²) in [6.07, 6.45) is 3.63. The van der Waals surface area contributed by atoms with Crippen LogP contribution in [0.3, 0.4) is 0 Å². The van der Waals surface area contributed by atoms with Crippen LogP contribution in [0, 0.1) is 11.8 Å². The molecule has 0 unspecified atom stereocenters. The fraction of sp³-hybridized carbons (Fsp3) is 0.214. The lowest BCUT2D eigenvalue weighted by Gasteiger charge is -2.08. The topological polar surface area (TPSA) is 47.3 Å². The van der Waals surface area contributed by atoms with E-state index < -0.39 is 0 Å². The van der Waals surface area contributed by atoms with Gasteiger partial charge in [-0.25, -0.2) is 0 Å². The van der Waals surface area contributed by atoms with Crippen LogP contribution in [-0.2, 0) is 6.54 Å². The summed E-state index contributed by atoms with van der Waals surface area (Å²) < 4.78 is 7.02. The Kier molecular flexibility index (Phi) is 4.00. The number of methoxy groups -OCH3 is 1. The van der Waals surface area contributed by atoms with Crippen molar-refractivity contribution in [3.8, 4) is 17.6 Å². The van der Waals surface area contributed by atoms with Gasteiger partial charge in [0.05, 0.1) is 13.7 Å². The van der Waals surface area contributed by atoms with Gasteiger partial charge in [-0.1, -0.05) is 11.8 Å². The molecule has 0 saturated carbocycles. The third-order valence-electron chi connectivity index (χ3n) is 2.51. The normalized spacial score (nSPS) is 9.67. The molecule has 1 aromatic heterocycles. The molecule has 2 rings (SSSR count). The van der Waals surface area contributed by atoms with Gasteiger partial charge in [0.25, 0.3) is 0 Å². The smallest absolute Gasteiger partial charge is 0.119 e. The molecule has 0 aliphatic carbocycles. The summed E-state index contributed by atoms with van der Waals surface area (Å²) in [5.74, 6) is 6.37. The van der Waals surface area contributed by atoms with Crippen molar-refractivity contribution in [1.29, 1.82) is 0 Å². The van der Waals surface area contributed by atoms with E-state index in [0.717, 1.165) is 16.9 Å². The molecular formula is C14H14N2O2. The molecule has 0 bridgehead atoms. The van der Waals surface area contributed by atoms with Crippen LogP contribution in [0.5, 0.6) is 5.75 Å². The summed E-state index contributed by atoms with van der Waals surface area (Å²) >= 11 is 0. The lowest BCUT2D eigenvalue weighted by molar-refractivity contribution is 0.350. The van der Waals surface area contributed by atoms with E-state index in [2.05, 4.69) is 16.9 Å². The van der Waals surface area contributed by atoms with Crippen LogP contribution in [-0.4, -0.2) is 28.6 Å². The molecule has 0 aliphatic rings. The highest BCUT2D eigenvalue weighted by Gasteiger charge is 2.04. The van der Waals surface area contributed by atoms with E-state index in [0.29, 0.717) is 6.54 Å². The van der Waals surface area contributed by atoms with E-state index in [1.807, 2.05) is 35.1 Å². The van der Waals surface area contributed by atoms with Crippen LogP contribution in [0.2, 0.25) is 0 Å². The molecule has 2 aromatic rings. The minimum Gasteiger partial charge on any atom is -0.497 e. The van der Waals surface area contributed by atoms with Gasteiger partial charge in [0, 0.05) is 18.0 Å². The summed E-state index contributed by atoms with van der Waals surface area (Å²) in [6.45, 7) is 0.479. The molecule has 0 atom stereocenters. The molecule has 0 spiro atoms. The summed E-state index contributed by atoms with van der Waals surface area (Å²) in [6, 6.07) is 7.55. The highest BCUT2D eigenvalue weighted by Crippen LogP contribution is 2.18. The highest BCUT2D eigenvalue weighted by atomic mass is 16.5. The van der Waals surface area contributed by atoms with Crippen molar-refractivity contribution >= 4 is 0 Å². The Bertz CT molecular complexity index is 565. The predicted molar refractivity (Wildman–Crippen MR) is 68.3 cm³/mol. The first-order chi connectivity index (χ1) is 8.83. The van der Waals surface area contributed by atoms with E-state index in [1.54, 1.807) is 13.3 Å². The number of ether oxygens (including phenoxy) is 1. The van der Waals surface area contributed by atoms with Gasteiger partial charge in [-0.2, -0.15) is 5.10 Å². The molecule has 18 heavy (non-hydrogen) atoms. The van der Waals surface area contributed by atoms with Gasteiger partial charge in [-0.3, -0.25) is 4.68 Å². The predicted octanol–water partition coefficient (Wildman–Crippen LogP) is 1.28. The lowest BCUT2D eigenvalue weighted by atomic mass is 10.1. The number of aromatic nitrogens is 2. The van der Waals surface area contributed by atoms with Crippen molar-refractivity contribution < 1.29 is 9.84 Å². The van der Waals surface area contributed by atoms with Crippen LogP contribution in [0.25, 0.3) is 0 Å². The van der Waals surface area contributed by atoms with Gasteiger partial charge in [0.1, 0.15) is 12.4 Å². The van der Waals surface area contributed by atoms with Crippen molar-refractivity contribution in [2.45, 2.75) is 6.54 Å². The molecule has 0 saturated heterocycles. The Hall–Kier alpha value is -2.25.